The fraction of sp³-hybridized carbons (Fsp3) is 1.00. The minimum atomic E-state index is -6.47. The van der Waals surface area contributed by atoms with E-state index in [1.165, 1.54) is 0 Å². The standard InChI is InChI=1S/C5H3BF10/c1-6(2(7,8)4(11,12)13)3(9,10)5(14,15)16/h1H3. The molecule has 0 nitrogen and oxygen atoms in total. The van der Waals surface area contributed by atoms with Gasteiger partial charge >= 0.3 is 30.7 Å². The maximum Gasteiger partial charge on any atom is 0.444 e. The maximum absolute atomic E-state index is 12.2. The average Bonchev–Trinajstić information content (AvgIpc) is 1.98. The van der Waals surface area contributed by atoms with Gasteiger partial charge < -0.3 is 0 Å². The second-order valence-electron chi connectivity index (χ2n) is 2.96. The predicted molar refractivity (Wildman–Crippen MR) is 33.6 cm³/mol. The molecule has 0 heterocycles. The Bertz CT molecular complexity index is 223. The van der Waals surface area contributed by atoms with E-state index >= 15 is 0 Å². The molecular weight excluding hydrogens is 261 g/mol. The van der Waals surface area contributed by atoms with Crippen LogP contribution in [0, 0.1) is 0 Å². The molecule has 0 spiro atoms. The van der Waals surface area contributed by atoms with Gasteiger partial charge in [0.25, 0.3) is 0 Å². The highest BCUT2D eigenvalue weighted by molar-refractivity contribution is 6.63. The van der Waals surface area contributed by atoms with Crippen LogP contribution in [0.2, 0.25) is 6.82 Å². The Morgan fingerprint density at radius 1 is 0.562 bits per heavy atom. The summed E-state index contributed by atoms with van der Waals surface area (Å²) in [5.41, 5.74) is 0. The molecule has 0 bridgehead atoms. The molecule has 0 unspecified atom stereocenters. The number of alkyl halides is 10. The van der Waals surface area contributed by atoms with E-state index in [0.29, 0.717) is 0 Å². The molecule has 0 N–H and O–H groups in total. The van der Waals surface area contributed by atoms with Crippen LogP contribution in [0.4, 0.5) is 43.9 Å². The van der Waals surface area contributed by atoms with Gasteiger partial charge in [0.2, 0.25) is 0 Å². The molecule has 0 amide bonds. The minimum Gasteiger partial charge on any atom is -0.207 e. The molecule has 0 fully saturated rings. The molecule has 0 aromatic heterocycles. The lowest BCUT2D eigenvalue weighted by Gasteiger charge is -2.30. The first-order valence-corrected chi connectivity index (χ1v) is 3.54. The van der Waals surface area contributed by atoms with Crippen LogP contribution in [-0.2, 0) is 0 Å². The summed E-state index contributed by atoms with van der Waals surface area (Å²) in [7, 11) is 0. The largest absolute Gasteiger partial charge is 0.444 e. The van der Waals surface area contributed by atoms with Gasteiger partial charge in [-0.05, 0) is 0 Å². The molecule has 0 atom stereocenters. The van der Waals surface area contributed by atoms with Gasteiger partial charge in [-0.1, -0.05) is 6.82 Å². The summed E-state index contributed by atoms with van der Waals surface area (Å²) in [5, 5.41) is 0. The molecule has 0 saturated carbocycles. The van der Waals surface area contributed by atoms with Crippen molar-refractivity contribution < 1.29 is 43.9 Å². The molecule has 96 valence electrons. The summed E-state index contributed by atoms with van der Waals surface area (Å²) in [4.78, 5) is 0. The summed E-state index contributed by atoms with van der Waals surface area (Å²) in [6, 6.07) is 0. The molecule has 0 aliphatic carbocycles. The van der Waals surface area contributed by atoms with E-state index in [2.05, 4.69) is 0 Å². The van der Waals surface area contributed by atoms with E-state index in [0.717, 1.165) is 0 Å². The summed E-state index contributed by atoms with van der Waals surface area (Å²) in [6.07, 6.45) is -12.9. The van der Waals surface area contributed by atoms with Crippen LogP contribution >= 0.6 is 0 Å². The molecule has 0 aliphatic rings. The van der Waals surface area contributed by atoms with Crippen molar-refractivity contribution in [3.8, 4) is 0 Å². The zero-order valence-corrected chi connectivity index (χ0v) is 7.36. The third-order valence-electron chi connectivity index (χ3n) is 1.84. The first-order valence-electron chi connectivity index (χ1n) is 3.54. The van der Waals surface area contributed by atoms with Gasteiger partial charge in [0.15, 0.2) is 0 Å². The van der Waals surface area contributed by atoms with Crippen molar-refractivity contribution in [2.75, 3.05) is 0 Å². The predicted octanol–water partition coefficient (Wildman–Crippen LogP) is 3.58. The number of hydrogen-bond acceptors (Lipinski definition) is 0. The van der Waals surface area contributed by atoms with E-state index in [1.807, 2.05) is 0 Å². The monoisotopic (exact) mass is 264 g/mol. The number of rotatable bonds is 2. The molecule has 0 aliphatic heterocycles. The normalized spacial score (nSPS) is 15.2. The SMILES string of the molecule is CB(C(F)(F)C(F)(F)F)C(F)(F)C(F)(F)F. The highest BCUT2D eigenvalue weighted by Crippen LogP contribution is 2.47. The van der Waals surface area contributed by atoms with E-state index in [9.17, 15) is 43.9 Å². The first-order chi connectivity index (χ1) is 6.65. The van der Waals surface area contributed by atoms with Crippen molar-refractivity contribution in [2.24, 2.45) is 0 Å². The molecule has 0 aromatic rings. The van der Waals surface area contributed by atoms with Crippen LogP contribution in [0.15, 0.2) is 0 Å². The van der Waals surface area contributed by atoms with Crippen molar-refractivity contribution in [3.05, 3.63) is 0 Å². The highest BCUT2D eigenvalue weighted by atomic mass is 19.4. The summed E-state index contributed by atoms with van der Waals surface area (Å²) in [5.74, 6) is -12.3. The van der Waals surface area contributed by atoms with Gasteiger partial charge in [-0.2, -0.15) is 26.3 Å². The van der Waals surface area contributed by atoms with Gasteiger partial charge in [0.1, 0.15) is 0 Å². The Labute approximate surface area is 82.7 Å². The number of halogens is 10. The van der Waals surface area contributed by atoms with E-state index in [4.69, 9.17) is 0 Å². The van der Waals surface area contributed by atoms with Crippen LogP contribution in [0.5, 0.6) is 0 Å². The van der Waals surface area contributed by atoms with Crippen molar-refractivity contribution >= 4 is 6.71 Å². The Balaban J connectivity index is 5.30. The van der Waals surface area contributed by atoms with Gasteiger partial charge in [-0.3, -0.25) is 0 Å². The second-order valence-corrected chi connectivity index (χ2v) is 2.96. The van der Waals surface area contributed by atoms with E-state index in [1.54, 1.807) is 0 Å². The summed E-state index contributed by atoms with van der Waals surface area (Å²) < 4.78 is 118. The second kappa shape index (κ2) is 3.69. The quantitative estimate of drug-likeness (QED) is 0.528. The fourth-order valence-corrected chi connectivity index (χ4v) is 0.719. The van der Waals surface area contributed by atoms with Crippen LogP contribution in [0.25, 0.3) is 0 Å². The Morgan fingerprint density at radius 2 is 0.750 bits per heavy atom. The van der Waals surface area contributed by atoms with Crippen molar-refractivity contribution in [1.82, 2.24) is 0 Å². The maximum atomic E-state index is 12.2. The van der Waals surface area contributed by atoms with Crippen molar-refractivity contribution in [3.63, 3.8) is 0 Å². The Kier molecular flexibility index (Phi) is 3.54. The van der Waals surface area contributed by atoms with Gasteiger partial charge in [0.05, 0.1) is 0 Å². The average molecular weight is 264 g/mol. The van der Waals surface area contributed by atoms with E-state index < -0.39 is 37.5 Å². The molecule has 11 heteroatoms. The third-order valence-corrected chi connectivity index (χ3v) is 1.84. The molecule has 0 rings (SSSR count). The first kappa shape index (κ1) is 15.4. The Morgan fingerprint density at radius 3 is 0.875 bits per heavy atom. The minimum absolute atomic E-state index is 0.513. The van der Waals surface area contributed by atoms with Gasteiger partial charge in [-0.25, -0.2) is 17.6 Å². The van der Waals surface area contributed by atoms with Gasteiger partial charge in [-0.15, -0.1) is 0 Å². The number of hydrogen-bond donors (Lipinski definition) is 0. The zero-order valence-electron chi connectivity index (χ0n) is 7.36. The topological polar surface area (TPSA) is 0 Å². The van der Waals surface area contributed by atoms with Gasteiger partial charge in [0, 0.05) is 0 Å². The van der Waals surface area contributed by atoms with Crippen molar-refractivity contribution in [2.45, 2.75) is 30.8 Å². The molecule has 0 aromatic carbocycles. The lowest BCUT2D eigenvalue weighted by Crippen LogP contribution is -2.62. The van der Waals surface area contributed by atoms with Crippen molar-refractivity contribution in [1.29, 1.82) is 0 Å². The lowest BCUT2D eigenvalue weighted by atomic mass is 9.41. The third kappa shape index (κ3) is 2.37. The molecular formula is C5H3BF10. The Hall–Kier alpha value is -0.635. The summed E-state index contributed by atoms with van der Waals surface area (Å²) >= 11 is 0. The highest BCUT2D eigenvalue weighted by Gasteiger charge is 2.76. The summed E-state index contributed by atoms with van der Waals surface area (Å²) in [6.45, 7) is -4.75. The van der Waals surface area contributed by atoms with Crippen LogP contribution in [0.3, 0.4) is 0 Å². The smallest absolute Gasteiger partial charge is 0.207 e. The molecule has 0 saturated heterocycles. The lowest BCUT2D eigenvalue weighted by molar-refractivity contribution is -0.271. The molecule has 0 radical (unpaired) electrons. The van der Waals surface area contributed by atoms with Crippen LogP contribution in [-0.4, -0.2) is 30.7 Å². The van der Waals surface area contributed by atoms with Crippen LogP contribution < -0.4 is 0 Å². The van der Waals surface area contributed by atoms with Crippen LogP contribution in [0.1, 0.15) is 0 Å². The molecule has 16 heavy (non-hydrogen) atoms. The fourth-order valence-electron chi connectivity index (χ4n) is 0.719. The van der Waals surface area contributed by atoms with E-state index in [-0.39, 0.29) is 0 Å². The zero-order chi connectivity index (χ0) is 13.6.